The zero-order valence-electron chi connectivity index (χ0n) is 7.55. The second-order valence-electron chi connectivity index (χ2n) is 3.61. The predicted molar refractivity (Wildman–Crippen MR) is 46.9 cm³/mol. The molecule has 3 heteroatoms. The number of hydrogen-bond acceptors (Lipinski definition) is 2. The summed E-state index contributed by atoms with van der Waals surface area (Å²) in [7, 11) is 0. The van der Waals surface area contributed by atoms with Gasteiger partial charge in [0.05, 0.1) is 6.20 Å². The Kier molecular flexibility index (Phi) is 2.04. The summed E-state index contributed by atoms with van der Waals surface area (Å²) in [5, 5.41) is 8.98. The van der Waals surface area contributed by atoms with Crippen molar-refractivity contribution in [2.45, 2.75) is 19.8 Å². The van der Waals surface area contributed by atoms with E-state index in [-0.39, 0.29) is 18.3 Å². The number of aliphatic hydroxyl groups excluding tert-OH is 1. The first-order valence-corrected chi connectivity index (χ1v) is 4.46. The standard InChI is InChI=1S/C10H12FNO/c1-6-8-2-7(5-13)3-10(8)12-4-9(6)11/h4,7,13H,2-3,5H2,1H3. The monoisotopic (exact) mass is 181 g/mol. The minimum atomic E-state index is -0.239. The largest absolute Gasteiger partial charge is 0.396 e. The van der Waals surface area contributed by atoms with Crippen LogP contribution in [0.25, 0.3) is 0 Å². The summed E-state index contributed by atoms with van der Waals surface area (Å²) in [4.78, 5) is 4.03. The number of hydrogen-bond donors (Lipinski definition) is 1. The molecule has 2 nitrogen and oxygen atoms in total. The molecule has 0 aromatic carbocycles. The minimum Gasteiger partial charge on any atom is -0.396 e. The molecule has 0 radical (unpaired) electrons. The normalized spacial score (nSPS) is 20.4. The van der Waals surface area contributed by atoms with E-state index in [2.05, 4.69) is 4.98 Å². The zero-order valence-corrected chi connectivity index (χ0v) is 7.55. The number of aliphatic hydroxyl groups is 1. The molecule has 70 valence electrons. The van der Waals surface area contributed by atoms with Crippen LogP contribution in [0.15, 0.2) is 6.20 Å². The molecular weight excluding hydrogens is 169 g/mol. The topological polar surface area (TPSA) is 33.1 Å². The molecule has 1 aliphatic carbocycles. The molecular formula is C10H12FNO. The summed E-state index contributed by atoms with van der Waals surface area (Å²) in [6.07, 6.45) is 2.82. The van der Waals surface area contributed by atoms with Gasteiger partial charge in [0.2, 0.25) is 0 Å². The van der Waals surface area contributed by atoms with Crippen molar-refractivity contribution in [2.24, 2.45) is 5.92 Å². The molecule has 0 amide bonds. The average Bonchev–Trinajstić information content (AvgIpc) is 2.55. The van der Waals surface area contributed by atoms with Gasteiger partial charge in [0.15, 0.2) is 0 Å². The van der Waals surface area contributed by atoms with Crippen LogP contribution in [0.1, 0.15) is 16.8 Å². The summed E-state index contributed by atoms with van der Waals surface area (Å²) < 4.78 is 13.1. The van der Waals surface area contributed by atoms with Crippen LogP contribution in [0.2, 0.25) is 0 Å². The second-order valence-corrected chi connectivity index (χ2v) is 3.61. The summed E-state index contributed by atoms with van der Waals surface area (Å²) in [6, 6.07) is 0. The molecule has 1 aliphatic rings. The highest BCUT2D eigenvalue weighted by Gasteiger charge is 2.24. The van der Waals surface area contributed by atoms with E-state index in [9.17, 15) is 4.39 Å². The quantitative estimate of drug-likeness (QED) is 0.707. The van der Waals surface area contributed by atoms with E-state index in [0.717, 1.165) is 24.1 Å². The van der Waals surface area contributed by atoms with E-state index in [4.69, 9.17) is 5.11 Å². The van der Waals surface area contributed by atoms with Crippen LogP contribution < -0.4 is 0 Å². The maximum atomic E-state index is 13.1. The number of pyridine rings is 1. The molecule has 0 saturated heterocycles. The molecule has 0 fully saturated rings. The van der Waals surface area contributed by atoms with Gasteiger partial charge < -0.3 is 5.11 Å². The molecule has 0 aliphatic heterocycles. The lowest BCUT2D eigenvalue weighted by molar-refractivity contribution is 0.232. The van der Waals surface area contributed by atoms with E-state index in [1.165, 1.54) is 6.20 Å². The van der Waals surface area contributed by atoms with Gasteiger partial charge in [-0.2, -0.15) is 0 Å². The molecule has 2 rings (SSSR count). The van der Waals surface area contributed by atoms with Gasteiger partial charge in [-0.15, -0.1) is 0 Å². The molecule has 1 aromatic rings. The number of halogens is 1. The van der Waals surface area contributed by atoms with E-state index in [1.54, 1.807) is 6.92 Å². The van der Waals surface area contributed by atoms with Crippen LogP contribution in [0, 0.1) is 18.7 Å². The van der Waals surface area contributed by atoms with Gasteiger partial charge in [0.25, 0.3) is 0 Å². The molecule has 0 spiro atoms. The van der Waals surface area contributed by atoms with Crippen LogP contribution in [0.4, 0.5) is 4.39 Å². The summed E-state index contributed by atoms with van der Waals surface area (Å²) >= 11 is 0. The fourth-order valence-corrected chi connectivity index (χ4v) is 1.88. The molecule has 13 heavy (non-hydrogen) atoms. The van der Waals surface area contributed by atoms with Crippen molar-refractivity contribution in [1.29, 1.82) is 0 Å². The van der Waals surface area contributed by atoms with Gasteiger partial charge in [-0.25, -0.2) is 4.39 Å². The van der Waals surface area contributed by atoms with Crippen molar-refractivity contribution in [2.75, 3.05) is 6.61 Å². The van der Waals surface area contributed by atoms with Crippen LogP contribution in [-0.2, 0) is 12.8 Å². The molecule has 1 atom stereocenters. The van der Waals surface area contributed by atoms with Gasteiger partial charge in [0, 0.05) is 12.3 Å². The zero-order chi connectivity index (χ0) is 9.42. The molecule has 1 unspecified atom stereocenters. The molecule has 1 heterocycles. The summed E-state index contributed by atoms with van der Waals surface area (Å²) in [5.41, 5.74) is 2.65. The Morgan fingerprint density at radius 3 is 3.08 bits per heavy atom. The van der Waals surface area contributed by atoms with Crippen LogP contribution >= 0.6 is 0 Å². The van der Waals surface area contributed by atoms with E-state index >= 15 is 0 Å². The minimum absolute atomic E-state index is 0.164. The first-order chi connectivity index (χ1) is 6.22. The van der Waals surface area contributed by atoms with Gasteiger partial charge >= 0.3 is 0 Å². The van der Waals surface area contributed by atoms with Gasteiger partial charge in [-0.3, -0.25) is 4.98 Å². The number of nitrogens with zero attached hydrogens (tertiary/aromatic N) is 1. The lowest BCUT2D eigenvalue weighted by atomic mass is 10.1. The Balaban J connectivity index is 2.40. The average molecular weight is 181 g/mol. The highest BCUT2D eigenvalue weighted by Crippen LogP contribution is 2.28. The SMILES string of the molecule is Cc1c(F)cnc2c1CC(CO)C2. The Morgan fingerprint density at radius 1 is 1.62 bits per heavy atom. The summed E-state index contributed by atoms with van der Waals surface area (Å²) in [5.74, 6) is 0.000315. The molecule has 0 saturated carbocycles. The Hall–Kier alpha value is -0.960. The highest BCUT2D eigenvalue weighted by molar-refractivity contribution is 5.34. The number of fused-ring (bicyclic) bond motifs is 1. The molecule has 1 aromatic heterocycles. The molecule has 1 N–H and O–H groups in total. The Labute approximate surface area is 76.4 Å². The smallest absolute Gasteiger partial charge is 0.144 e. The van der Waals surface area contributed by atoms with Crippen molar-refractivity contribution in [3.8, 4) is 0 Å². The van der Waals surface area contributed by atoms with Crippen molar-refractivity contribution in [1.82, 2.24) is 4.98 Å². The lowest BCUT2D eigenvalue weighted by Crippen LogP contribution is -2.04. The van der Waals surface area contributed by atoms with Crippen LogP contribution in [-0.4, -0.2) is 16.7 Å². The second kappa shape index (κ2) is 3.07. The van der Waals surface area contributed by atoms with Crippen molar-refractivity contribution in [3.63, 3.8) is 0 Å². The molecule has 0 bridgehead atoms. The fraction of sp³-hybridized carbons (Fsp3) is 0.500. The Bertz CT molecular complexity index is 338. The van der Waals surface area contributed by atoms with E-state index in [0.29, 0.717) is 5.56 Å². The summed E-state index contributed by atoms with van der Waals surface area (Å²) in [6.45, 7) is 1.94. The van der Waals surface area contributed by atoms with Gasteiger partial charge in [-0.1, -0.05) is 0 Å². The maximum Gasteiger partial charge on any atom is 0.144 e. The third-order valence-electron chi connectivity index (χ3n) is 2.73. The predicted octanol–water partition coefficient (Wildman–Crippen LogP) is 1.24. The third-order valence-corrected chi connectivity index (χ3v) is 2.73. The highest BCUT2D eigenvalue weighted by atomic mass is 19.1. The van der Waals surface area contributed by atoms with Crippen LogP contribution in [0.5, 0.6) is 0 Å². The van der Waals surface area contributed by atoms with Crippen molar-refractivity contribution >= 4 is 0 Å². The number of aromatic nitrogens is 1. The number of rotatable bonds is 1. The van der Waals surface area contributed by atoms with E-state index in [1.807, 2.05) is 0 Å². The Morgan fingerprint density at radius 2 is 2.38 bits per heavy atom. The van der Waals surface area contributed by atoms with E-state index < -0.39 is 0 Å². The lowest BCUT2D eigenvalue weighted by Gasteiger charge is -2.03. The van der Waals surface area contributed by atoms with Gasteiger partial charge in [0.1, 0.15) is 5.82 Å². The van der Waals surface area contributed by atoms with Gasteiger partial charge in [-0.05, 0) is 36.8 Å². The first-order valence-electron chi connectivity index (χ1n) is 4.46. The van der Waals surface area contributed by atoms with Crippen LogP contribution in [0.3, 0.4) is 0 Å². The third kappa shape index (κ3) is 1.33. The van der Waals surface area contributed by atoms with Crippen molar-refractivity contribution < 1.29 is 9.50 Å². The fourth-order valence-electron chi connectivity index (χ4n) is 1.88. The maximum absolute atomic E-state index is 13.1. The first kappa shape index (κ1) is 8.63. The van der Waals surface area contributed by atoms with Crippen molar-refractivity contribution in [3.05, 3.63) is 28.8 Å².